The van der Waals surface area contributed by atoms with E-state index in [-0.39, 0.29) is 0 Å². The molecule has 0 unspecified atom stereocenters. The van der Waals surface area contributed by atoms with E-state index < -0.39 is 0 Å². The first-order valence-electron chi connectivity index (χ1n) is 4.13. The summed E-state index contributed by atoms with van der Waals surface area (Å²) in [5, 5.41) is 0. The molecule has 0 aliphatic carbocycles. The number of rotatable bonds is 2. The quantitative estimate of drug-likeness (QED) is 0.672. The van der Waals surface area contributed by atoms with Gasteiger partial charge in [0.2, 0.25) is 0 Å². The zero-order valence-corrected chi connectivity index (χ0v) is 8.17. The molecule has 0 saturated carbocycles. The Labute approximate surface area is 80.8 Å². The van der Waals surface area contributed by atoms with Gasteiger partial charge in [-0.25, -0.2) is 4.98 Å². The van der Waals surface area contributed by atoms with Gasteiger partial charge in [0.1, 0.15) is 11.5 Å². The Morgan fingerprint density at radius 2 is 2.54 bits per heavy atom. The molecule has 4 heteroatoms. The van der Waals surface area contributed by atoms with Gasteiger partial charge >= 0.3 is 0 Å². The molecule has 13 heavy (non-hydrogen) atoms. The highest BCUT2D eigenvalue weighted by Crippen LogP contribution is 2.32. The number of carbonyl (C=O) groups is 1. The fourth-order valence-corrected chi connectivity index (χ4v) is 2.36. The Morgan fingerprint density at radius 3 is 3.08 bits per heavy atom. The SMILES string of the molecule is Cn1cc(C=O)nc1C1=CCCS1. The van der Waals surface area contributed by atoms with Crippen LogP contribution in [0.2, 0.25) is 0 Å². The van der Waals surface area contributed by atoms with Crippen LogP contribution in [0.5, 0.6) is 0 Å². The maximum absolute atomic E-state index is 10.5. The summed E-state index contributed by atoms with van der Waals surface area (Å²) in [5.74, 6) is 2.03. The number of aldehydes is 1. The molecule has 0 saturated heterocycles. The van der Waals surface area contributed by atoms with Crippen LogP contribution in [0.1, 0.15) is 22.7 Å². The lowest BCUT2D eigenvalue weighted by Gasteiger charge is -1.99. The maximum atomic E-state index is 10.5. The number of allylic oxidation sites excluding steroid dienone is 1. The first kappa shape index (κ1) is 8.56. The van der Waals surface area contributed by atoms with Gasteiger partial charge in [-0.05, 0) is 6.42 Å². The van der Waals surface area contributed by atoms with Crippen molar-refractivity contribution < 1.29 is 4.79 Å². The summed E-state index contributed by atoms with van der Waals surface area (Å²) in [7, 11) is 1.91. The van der Waals surface area contributed by atoms with Crippen LogP contribution in [0.15, 0.2) is 12.3 Å². The molecule has 1 aromatic rings. The van der Waals surface area contributed by atoms with Crippen LogP contribution in [0, 0.1) is 0 Å². The zero-order valence-electron chi connectivity index (χ0n) is 7.36. The van der Waals surface area contributed by atoms with Crippen LogP contribution in [-0.2, 0) is 7.05 Å². The number of nitrogens with zero attached hydrogens (tertiary/aromatic N) is 2. The first-order valence-corrected chi connectivity index (χ1v) is 5.11. The fraction of sp³-hybridized carbons (Fsp3) is 0.333. The topological polar surface area (TPSA) is 34.9 Å². The molecular weight excluding hydrogens is 184 g/mol. The third kappa shape index (κ3) is 1.54. The highest BCUT2D eigenvalue weighted by atomic mass is 32.2. The van der Waals surface area contributed by atoms with E-state index in [0.717, 1.165) is 24.3 Å². The average Bonchev–Trinajstić information content (AvgIpc) is 2.72. The number of imidazole rings is 1. The van der Waals surface area contributed by atoms with E-state index in [0.29, 0.717) is 5.69 Å². The van der Waals surface area contributed by atoms with E-state index >= 15 is 0 Å². The summed E-state index contributed by atoms with van der Waals surface area (Å²) in [6.45, 7) is 0. The van der Waals surface area contributed by atoms with Crippen molar-refractivity contribution >= 4 is 23.0 Å². The lowest BCUT2D eigenvalue weighted by molar-refractivity contribution is 0.111. The summed E-state index contributed by atoms with van der Waals surface area (Å²) in [6, 6.07) is 0. The predicted octanol–water partition coefficient (Wildman–Crippen LogP) is 1.71. The maximum Gasteiger partial charge on any atom is 0.170 e. The van der Waals surface area contributed by atoms with E-state index in [1.54, 1.807) is 18.0 Å². The highest BCUT2D eigenvalue weighted by Gasteiger charge is 2.13. The first-order chi connectivity index (χ1) is 6.31. The number of aryl methyl sites for hydroxylation is 1. The van der Waals surface area contributed by atoms with Crippen molar-refractivity contribution in [3.63, 3.8) is 0 Å². The highest BCUT2D eigenvalue weighted by molar-refractivity contribution is 8.08. The van der Waals surface area contributed by atoms with Crippen LogP contribution in [0.25, 0.3) is 4.91 Å². The molecule has 3 nitrogen and oxygen atoms in total. The summed E-state index contributed by atoms with van der Waals surface area (Å²) < 4.78 is 1.90. The van der Waals surface area contributed by atoms with Crippen molar-refractivity contribution in [1.29, 1.82) is 0 Å². The van der Waals surface area contributed by atoms with Crippen molar-refractivity contribution in [3.05, 3.63) is 23.8 Å². The third-order valence-corrected chi connectivity index (χ3v) is 3.04. The second kappa shape index (κ2) is 3.38. The number of hydrogen-bond donors (Lipinski definition) is 0. The molecule has 0 fully saturated rings. The van der Waals surface area contributed by atoms with Crippen molar-refractivity contribution in [2.24, 2.45) is 7.05 Å². The molecule has 0 amide bonds. The van der Waals surface area contributed by atoms with E-state index in [1.165, 1.54) is 4.91 Å². The minimum Gasteiger partial charge on any atom is -0.333 e. The molecule has 0 aromatic carbocycles. The van der Waals surface area contributed by atoms with Gasteiger partial charge in [0.05, 0.1) is 0 Å². The monoisotopic (exact) mass is 194 g/mol. The minimum absolute atomic E-state index is 0.505. The van der Waals surface area contributed by atoms with Gasteiger partial charge in [-0.3, -0.25) is 4.79 Å². The van der Waals surface area contributed by atoms with Crippen molar-refractivity contribution in [1.82, 2.24) is 9.55 Å². The minimum atomic E-state index is 0.505. The van der Waals surface area contributed by atoms with Crippen LogP contribution in [0.3, 0.4) is 0 Å². The molecule has 2 heterocycles. The van der Waals surface area contributed by atoms with Gasteiger partial charge in [0, 0.05) is 23.9 Å². The normalized spacial score (nSPS) is 15.9. The zero-order chi connectivity index (χ0) is 9.26. The van der Waals surface area contributed by atoms with Crippen molar-refractivity contribution in [2.75, 3.05) is 5.75 Å². The van der Waals surface area contributed by atoms with Crippen molar-refractivity contribution in [2.45, 2.75) is 6.42 Å². The van der Waals surface area contributed by atoms with Crippen LogP contribution in [-0.4, -0.2) is 21.6 Å². The second-order valence-electron chi connectivity index (χ2n) is 2.92. The van der Waals surface area contributed by atoms with Gasteiger partial charge < -0.3 is 4.57 Å². The number of thioether (sulfide) groups is 1. The number of aromatic nitrogens is 2. The van der Waals surface area contributed by atoms with Crippen LogP contribution in [0.4, 0.5) is 0 Å². The molecule has 1 aliphatic rings. The summed E-state index contributed by atoms with van der Waals surface area (Å²) in [5.41, 5.74) is 0.505. The van der Waals surface area contributed by atoms with E-state index in [9.17, 15) is 4.79 Å². The molecule has 68 valence electrons. The average molecular weight is 194 g/mol. The standard InChI is InChI=1S/C9H10N2OS/c1-11-5-7(6-12)10-9(11)8-3-2-4-13-8/h3,5-6H,2,4H2,1H3. The van der Waals surface area contributed by atoms with Gasteiger partial charge in [0.25, 0.3) is 0 Å². The Kier molecular flexibility index (Phi) is 2.22. The van der Waals surface area contributed by atoms with Gasteiger partial charge in [-0.1, -0.05) is 6.08 Å². The summed E-state index contributed by atoms with van der Waals surface area (Å²) >= 11 is 1.80. The van der Waals surface area contributed by atoms with E-state index in [2.05, 4.69) is 11.1 Å². The Balaban J connectivity index is 2.38. The lowest BCUT2D eigenvalue weighted by atomic mass is 10.4. The lowest BCUT2D eigenvalue weighted by Crippen LogP contribution is -1.92. The summed E-state index contributed by atoms with van der Waals surface area (Å²) in [6.07, 6.45) is 5.80. The molecule has 2 rings (SSSR count). The largest absolute Gasteiger partial charge is 0.333 e. The number of hydrogen-bond acceptors (Lipinski definition) is 3. The smallest absolute Gasteiger partial charge is 0.170 e. The van der Waals surface area contributed by atoms with Crippen molar-refractivity contribution in [3.8, 4) is 0 Å². The van der Waals surface area contributed by atoms with Crippen LogP contribution < -0.4 is 0 Å². The molecule has 0 radical (unpaired) electrons. The number of carbonyl (C=O) groups excluding carboxylic acids is 1. The fourth-order valence-electron chi connectivity index (χ4n) is 1.35. The van der Waals surface area contributed by atoms with E-state index in [1.807, 2.05) is 11.6 Å². The third-order valence-electron chi connectivity index (χ3n) is 1.94. The Hall–Kier alpha value is -1.03. The predicted molar refractivity (Wildman–Crippen MR) is 53.6 cm³/mol. The summed E-state index contributed by atoms with van der Waals surface area (Å²) in [4.78, 5) is 15.9. The van der Waals surface area contributed by atoms with E-state index in [4.69, 9.17) is 0 Å². The van der Waals surface area contributed by atoms with Gasteiger partial charge in [-0.15, -0.1) is 11.8 Å². The molecule has 0 spiro atoms. The Bertz CT molecular complexity index is 368. The molecule has 0 N–H and O–H groups in total. The molecule has 1 aromatic heterocycles. The van der Waals surface area contributed by atoms with Gasteiger partial charge in [-0.2, -0.15) is 0 Å². The van der Waals surface area contributed by atoms with Crippen LogP contribution >= 0.6 is 11.8 Å². The molecular formula is C9H10N2OS. The molecule has 0 atom stereocenters. The molecule has 1 aliphatic heterocycles. The second-order valence-corrected chi connectivity index (χ2v) is 4.06. The molecule has 0 bridgehead atoms. The van der Waals surface area contributed by atoms with Gasteiger partial charge in [0.15, 0.2) is 6.29 Å². The Morgan fingerprint density at radius 1 is 1.69 bits per heavy atom.